The molecule has 0 heterocycles. The van der Waals surface area contributed by atoms with Crippen molar-refractivity contribution >= 4 is 11.7 Å². The van der Waals surface area contributed by atoms with E-state index in [0.29, 0.717) is 16.7 Å². The zero-order valence-electron chi connectivity index (χ0n) is 16.6. The van der Waals surface area contributed by atoms with Crippen molar-refractivity contribution in [1.29, 1.82) is 0 Å². The molecule has 0 radical (unpaired) electrons. The number of nitrogens with zero attached hydrogens (tertiary/aromatic N) is 1. The zero-order chi connectivity index (χ0) is 21.4. The maximum atomic E-state index is 13.6. The van der Waals surface area contributed by atoms with E-state index >= 15 is 0 Å². The molecule has 152 valence electrons. The third-order valence-electron chi connectivity index (χ3n) is 5.23. The quantitative estimate of drug-likeness (QED) is 0.474. The molecule has 0 bridgehead atoms. The first kappa shape index (κ1) is 20.6. The maximum absolute atomic E-state index is 13.6. The molecule has 0 spiro atoms. The van der Waals surface area contributed by atoms with Gasteiger partial charge >= 0.3 is 0 Å². The standard InChI is InChI=1S/C22H23FN2O4/c1-21(2,3)24-20(27)22(12-15-6-4-5-7-17(15)19(22)26)18(13-25(28)29)14-8-10-16(23)11-9-14/h4-11,18H,12-13H2,1-3H3,(H,24,27). The van der Waals surface area contributed by atoms with Crippen molar-refractivity contribution in [2.45, 2.75) is 38.6 Å². The van der Waals surface area contributed by atoms with E-state index in [4.69, 9.17) is 0 Å². The zero-order valence-corrected chi connectivity index (χ0v) is 16.6. The summed E-state index contributed by atoms with van der Waals surface area (Å²) in [6.07, 6.45) is 0.0554. The normalized spacial score (nSPS) is 19.5. The molecule has 1 N–H and O–H groups in total. The summed E-state index contributed by atoms with van der Waals surface area (Å²) in [5.74, 6) is -2.53. The van der Waals surface area contributed by atoms with Gasteiger partial charge in [0.2, 0.25) is 12.5 Å². The van der Waals surface area contributed by atoms with Crippen molar-refractivity contribution in [3.63, 3.8) is 0 Å². The van der Waals surface area contributed by atoms with Gasteiger partial charge in [0.15, 0.2) is 5.78 Å². The van der Waals surface area contributed by atoms with Crippen LogP contribution in [0.3, 0.4) is 0 Å². The summed E-state index contributed by atoms with van der Waals surface area (Å²) in [7, 11) is 0. The van der Waals surface area contributed by atoms with Crippen molar-refractivity contribution in [2.75, 3.05) is 6.54 Å². The van der Waals surface area contributed by atoms with Crippen LogP contribution in [0.15, 0.2) is 48.5 Å². The molecule has 2 atom stereocenters. The summed E-state index contributed by atoms with van der Waals surface area (Å²) in [5, 5.41) is 14.4. The van der Waals surface area contributed by atoms with E-state index in [9.17, 15) is 24.1 Å². The molecule has 0 saturated carbocycles. The summed E-state index contributed by atoms with van der Waals surface area (Å²) in [6.45, 7) is 4.73. The molecule has 6 nitrogen and oxygen atoms in total. The van der Waals surface area contributed by atoms with Crippen molar-refractivity contribution in [3.05, 3.63) is 81.2 Å². The number of fused-ring (bicyclic) bond motifs is 1. The Hall–Kier alpha value is -3.09. The minimum atomic E-state index is -1.68. The molecule has 0 fully saturated rings. The van der Waals surface area contributed by atoms with Crippen LogP contribution >= 0.6 is 0 Å². The van der Waals surface area contributed by atoms with E-state index in [1.165, 1.54) is 24.3 Å². The number of carbonyl (C=O) groups is 2. The molecular weight excluding hydrogens is 375 g/mol. The van der Waals surface area contributed by atoms with Crippen molar-refractivity contribution in [3.8, 4) is 0 Å². The largest absolute Gasteiger partial charge is 0.351 e. The number of amides is 1. The fourth-order valence-corrected chi connectivity index (χ4v) is 3.98. The van der Waals surface area contributed by atoms with Crippen molar-refractivity contribution < 1.29 is 18.9 Å². The van der Waals surface area contributed by atoms with Gasteiger partial charge in [-0.1, -0.05) is 36.4 Å². The van der Waals surface area contributed by atoms with Gasteiger partial charge in [0.25, 0.3) is 0 Å². The van der Waals surface area contributed by atoms with Gasteiger partial charge in [-0.25, -0.2) is 4.39 Å². The highest BCUT2D eigenvalue weighted by molar-refractivity contribution is 6.18. The maximum Gasteiger partial charge on any atom is 0.235 e. The highest BCUT2D eigenvalue weighted by Crippen LogP contribution is 2.48. The Kier molecular flexibility index (Phi) is 5.26. The highest BCUT2D eigenvalue weighted by Gasteiger charge is 2.58. The first-order chi connectivity index (χ1) is 13.5. The van der Waals surface area contributed by atoms with Gasteiger partial charge in [-0.15, -0.1) is 0 Å². The molecule has 0 aromatic heterocycles. The number of carbonyl (C=O) groups excluding carboxylic acids is 2. The molecule has 0 saturated heterocycles. The van der Waals surface area contributed by atoms with E-state index in [0.717, 1.165) is 0 Å². The van der Waals surface area contributed by atoms with E-state index in [1.54, 1.807) is 45.0 Å². The van der Waals surface area contributed by atoms with E-state index in [-0.39, 0.29) is 6.42 Å². The number of nitro groups is 1. The second kappa shape index (κ2) is 7.39. The number of Topliss-reactive ketones (excluding diaryl/α,β-unsaturated/α-hetero) is 1. The van der Waals surface area contributed by atoms with Crippen LogP contribution in [0, 0.1) is 21.3 Å². The van der Waals surface area contributed by atoms with Crippen LogP contribution in [0.1, 0.15) is 48.2 Å². The van der Waals surface area contributed by atoms with Gasteiger partial charge in [0.05, 0.1) is 5.92 Å². The van der Waals surface area contributed by atoms with Gasteiger partial charge in [-0.2, -0.15) is 0 Å². The lowest BCUT2D eigenvalue weighted by molar-refractivity contribution is -0.485. The Bertz CT molecular complexity index is 966. The molecule has 29 heavy (non-hydrogen) atoms. The third-order valence-corrected chi connectivity index (χ3v) is 5.23. The number of hydrogen-bond acceptors (Lipinski definition) is 4. The van der Waals surface area contributed by atoms with Crippen LogP contribution in [-0.2, 0) is 11.2 Å². The van der Waals surface area contributed by atoms with Gasteiger partial charge in [-0.05, 0) is 50.5 Å². The lowest BCUT2D eigenvalue weighted by Gasteiger charge is -2.35. The number of halogens is 1. The van der Waals surface area contributed by atoms with Crippen LogP contribution in [0.2, 0.25) is 0 Å². The molecule has 2 unspecified atom stereocenters. The summed E-state index contributed by atoms with van der Waals surface area (Å²) < 4.78 is 13.5. The summed E-state index contributed by atoms with van der Waals surface area (Å²) in [4.78, 5) is 38.0. The fraction of sp³-hybridized carbons (Fsp3) is 0.364. The molecule has 1 amide bonds. The molecule has 3 rings (SSSR count). The van der Waals surface area contributed by atoms with E-state index in [2.05, 4.69) is 5.32 Å². The van der Waals surface area contributed by atoms with Crippen molar-refractivity contribution in [1.82, 2.24) is 5.32 Å². The smallest absolute Gasteiger partial charge is 0.235 e. The number of hydrogen-bond donors (Lipinski definition) is 1. The Morgan fingerprint density at radius 3 is 2.38 bits per heavy atom. The average Bonchev–Trinajstić information content (AvgIpc) is 2.93. The van der Waals surface area contributed by atoms with E-state index < -0.39 is 45.8 Å². The summed E-state index contributed by atoms with van der Waals surface area (Å²) in [5.41, 5.74) is -0.861. The molecule has 0 aliphatic heterocycles. The first-order valence-electron chi connectivity index (χ1n) is 9.37. The minimum Gasteiger partial charge on any atom is -0.351 e. The SMILES string of the molecule is CC(C)(C)NC(=O)C1(C(C[N+](=O)[O-])c2ccc(F)cc2)Cc2ccccc2C1=O. The second-order valence-electron chi connectivity index (χ2n) is 8.46. The Labute approximate surface area is 168 Å². The lowest BCUT2D eigenvalue weighted by Crippen LogP contribution is -2.55. The molecule has 2 aromatic carbocycles. The lowest BCUT2D eigenvalue weighted by atomic mass is 9.68. The Morgan fingerprint density at radius 2 is 1.83 bits per heavy atom. The third kappa shape index (κ3) is 3.90. The van der Waals surface area contributed by atoms with Gasteiger partial charge in [0, 0.05) is 16.0 Å². The molecule has 1 aliphatic rings. The van der Waals surface area contributed by atoms with Gasteiger partial charge in [0.1, 0.15) is 11.2 Å². The summed E-state index contributed by atoms with van der Waals surface area (Å²) in [6, 6.07) is 12.1. The molecule has 1 aliphatic carbocycles. The Morgan fingerprint density at radius 1 is 1.21 bits per heavy atom. The topological polar surface area (TPSA) is 89.3 Å². The molecule has 7 heteroatoms. The highest BCUT2D eigenvalue weighted by atomic mass is 19.1. The van der Waals surface area contributed by atoms with Crippen LogP contribution in [0.5, 0.6) is 0 Å². The minimum absolute atomic E-state index is 0.0554. The van der Waals surface area contributed by atoms with Crippen LogP contribution in [0.25, 0.3) is 0 Å². The molecule has 2 aromatic rings. The average molecular weight is 398 g/mol. The molecular formula is C22H23FN2O4. The fourth-order valence-electron chi connectivity index (χ4n) is 3.98. The first-order valence-corrected chi connectivity index (χ1v) is 9.37. The van der Waals surface area contributed by atoms with Crippen molar-refractivity contribution in [2.24, 2.45) is 5.41 Å². The predicted molar refractivity (Wildman–Crippen MR) is 106 cm³/mol. The Balaban J connectivity index is 2.20. The van der Waals surface area contributed by atoms with Crippen LogP contribution in [0.4, 0.5) is 4.39 Å². The van der Waals surface area contributed by atoms with Gasteiger partial charge in [-0.3, -0.25) is 19.7 Å². The number of rotatable bonds is 5. The number of benzene rings is 2. The number of ketones is 1. The monoisotopic (exact) mass is 398 g/mol. The van der Waals surface area contributed by atoms with Gasteiger partial charge < -0.3 is 5.32 Å². The number of nitrogens with one attached hydrogen (secondary N) is 1. The predicted octanol–water partition coefficient (Wildman–Crippen LogP) is 3.53. The van der Waals surface area contributed by atoms with Crippen LogP contribution < -0.4 is 5.32 Å². The second-order valence-corrected chi connectivity index (χ2v) is 8.46. The van der Waals surface area contributed by atoms with E-state index in [1.807, 2.05) is 0 Å². The van der Waals surface area contributed by atoms with Crippen LogP contribution in [-0.4, -0.2) is 28.7 Å². The summed E-state index contributed by atoms with van der Waals surface area (Å²) >= 11 is 0.